The summed E-state index contributed by atoms with van der Waals surface area (Å²) in [6.07, 6.45) is 2.07. The molecule has 1 saturated heterocycles. The standard InChI is InChI=1S/C18H19ClN2O2S/c1-10-11(5-12-7-15(18(22)23-2)24-17(12)19)3-4-16(20-10)21-8-13-6-14(13)9-21/h3-4,7,13-14H,5-6,8-9H2,1-2H3. The van der Waals surface area contributed by atoms with Crippen LogP contribution in [0, 0.1) is 18.8 Å². The number of fused-ring (bicyclic) bond motifs is 1. The van der Waals surface area contributed by atoms with Crippen molar-refractivity contribution in [3.63, 3.8) is 0 Å². The smallest absolute Gasteiger partial charge is 0.348 e. The number of rotatable bonds is 4. The monoisotopic (exact) mass is 362 g/mol. The van der Waals surface area contributed by atoms with Gasteiger partial charge in [0.2, 0.25) is 0 Å². The Morgan fingerprint density at radius 1 is 1.38 bits per heavy atom. The third-order valence-corrected chi connectivity index (χ3v) is 6.43. The molecule has 2 unspecified atom stereocenters. The average molecular weight is 363 g/mol. The SMILES string of the molecule is COC(=O)c1cc(Cc2ccc(N3CC4CC4C3)nc2C)c(Cl)s1. The number of anilines is 1. The van der Waals surface area contributed by atoms with Gasteiger partial charge in [-0.15, -0.1) is 11.3 Å². The van der Waals surface area contributed by atoms with Crippen LogP contribution in [0.1, 0.15) is 32.9 Å². The Morgan fingerprint density at radius 2 is 2.12 bits per heavy atom. The van der Waals surface area contributed by atoms with Gasteiger partial charge in [-0.1, -0.05) is 17.7 Å². The molecule has 4 rings (SSSR count). The van der Waals surface area contributed by atoms with Crippen LogP contribution in [0.3, 0.4) is 0 Å². The molecular weight excluding hydrogens is 344 g/mol. The number of esters is 1. The first kappa shape index (κ1) is 15.9. The zero-order chi connectivity index (χ0) is 16.8. The van der Waals surface area contributed by atoms with Crippen molar-refractivity contribution in [1.29, 1.82) is 0 Å². The van der Waals surface area contributed by atoms with Gasteiger partial charge >= 0.3 is 5.97 Å². The van der Waals surface area contributed by atoms with Crippen molar-refractivity contribution in [1.82, 2.24) is 4.98 Å². The minimum Gasteiger partial charge on any atom is -0.465 e. The van der Waals surface area contributed by atoms with Gasteiger partial charge in [0, 0.05) is 25.2 Å². The lowest BCUT2D eigenvalue weighted by Gasteiger charge is -2.20. The first-order valence-electron chi connectivity index (χ1n) is 8.13. The molecule has 2 aromatic rings. The van der Waals surface area contributed by atoms with Crippen LogP contribution >= 0.6 is 22.9 Å². The lowest BCUT2D eigenvalue weighted by molar-refractivity contribution is 0.0606. The molecule has 4 nitrogen and oxygen atoms in total. The van der Waals surface area contributed by atoms with E-state index in [1.807, 2.05) is 13.0 Å². The zero-order valence-electron chi connectivity index (χ0n) is 13.7. The Morgan fingerprint density at radius 3 is 2.79 bits per heavy atom. The van der Waals surface area contributed by atoms with Gasteiger partial charge in [0.25, 0.3) is 0 Å². The van der Waals surface area contributed by atoms with Crippen molar-refractivity contribution in [3.05, 3.63) is 44.2 Å². The number of aromatic nitrogens is 1. The predicted octanol–water partition coefficient (Wildman–Crippen LogP) is 3.94. The molecule has 2 atom stereocenters. The third kappa shape index (κ3) is 2.91. The van der Waals surface area contributed by atoms with E-state index < -0.39 is 0 Å². The fourth-order valence-electron chi connectivity index (χ4n) is 3.46. The minimum absolute atomic E-state index is 0.342. The molecule has 0 radical (unpaired) electrons. The molecule has 0 N–H and O–H groups in total. The van der Waals surface area contributed by atoms with E-state index in [0.29, 0.717) is 15.6 Å². The van der Waals surface area contributed by atoms with E-state index in [1.165, 1.54) is 24.9 Å². The molecule has 0 amide bonds. The quantitative estimate of drug-likeness (QED) is 0.772. The van der Waals surface area contributed by atoms with Crippen LogP contribution in [0.25, 0.3) is 0 Å². The summed E-state index contributed by atoms with van der Waals surface area (Å²) in [6, 6.07) is 6.06. The number of methoxy groups -OCH3 is 1. The number of ether oxygens (including phenoxy) is 1. The van der Waals surface area contributed by atoms with Crippen LogP contribution in [-0.2, 0) is 11.2 Å². The molecule has 2 fully saturated rings. The van der Waals surface area contributed by atoms with Crippen molar-refractivity contribution in [3.8, 4) is 0 Å². The second-order valence-corrected chi connectivity index (χ2v) is 8.31. The number of aryl methyl sites for hydroxylation is 1. The number of carbonyl (C=O) groups excluding carboxylic acids is 1. The number of nitrogens with zero attached hydrogens (tertiary/aromatic N) is 2. The van der Waals surface area contributed by atoms with Gasteiger partial charge in [-0.25, -0.2) is 9.78 Å². The summed E-state index contributed by atoms with van der Waals surface area (Å²) in [5.74, 6) is 2.53. The molecule has 2 aromatic heterocycles. The molecule has 0 spiro atoms. The van der Waals surface area contributed by atoms with Crippen LogP contribution in [0.2, 0.25) is 4.34 Å². The third-order valence-electron chi connectivity index (χ3n) is 5.01. The molecule has 3 heterocycles. The van der Waals surface area contributed by atoms with Crippen molar-refractivity contribution in [2.45, 2.75) is 19.8 Å². The van der Waals surface area contributed by atoms with E-state index in [9.17, 15) is 4.79 Å². The summed E-state index contributed by atoms with van der Waals surface area (Å²) < 4.78 is 5.40. The number of piperidine rings is 1. The van der Waals surface area contributed by atoms with E-state index in [0.717, 1.165) is 47.6 Å². The van der Waals surface area contributed by atoms with E-state index in [2.05, 4.69) is 17.0 Å². The maximum absolute atomic E-state index is 11.6. The molecule has 2 aliphatic rings. The Kier molecular flexibility index (Phi) is 4.01. The normalized spacial score (nSPS) is 21.7. The van der Waals surface area contributed by atoms with Gasteiger partial charge in [0.1, 0.15) is 10.7 Å². The van der Waals surface area contributed by atoms with Gasteiger partial charge in [-0.3, -0.25) is 0 Å². The molecular formula is C18H19ClN2O2S. The predicted molar refractivity (Wildman–Crippen MR) is 96.3 cm³/mol. The second kappa shape index (κ2) is 6.05. The number of thiophene rings is 1. The highest BCUT2D eigenvalue weighted by molar-refractivity contribution is 7.18. The van der Waals surface area contributed by atoms with Crippen LogP contribution in [0.15, 0.2) is 18.2 Å². The van der Waals surface area contributed by atoms with Crippen molar-refractivity contribution in [2.24, 2.45) is 11.8 Å². The maximum atomic E-state index is 11.6. The molecule has 1 aliphatic heterocycles. The Balaban J connectivity index is 1.52. The highest BCUT2D eigenvalue weighted by Gasteiger charge is 2.45. The lowest BCUT2D eigenvalue weighted by Crippen LogP contribution is -2.23. The molecule has 0 bridgehead atoms. The highest BCUT2D eigenvalue weighted by Crippen LogP contribution is 2.46. The summed E-state index contributed by atoms with van der Waals surface area (Å²) in [5, 5.41) is 0. The summed E-state index contributed by atoms with van der Waals surface area (Å²) in [7, 11) is 1.38. The van der Waals surface area contributed by atoms with Crippen LogP contribution in [0.4, 0.5) is 5.82 Å². The van der Waals surface area contributed by atoms with Gasteiger partial charge in [-0.2, -0.15) is 0 Å². The van der Waals surface area contributed by atoms with Crippen molar-refractivity contribution >= 4 is 34.7 Å². The molecule has 6 heteroatoms. The molecule has 24 heavy (non-hydrogen) atoms. The van der Waals surface area contributed by atoms with E-state index in [-0.39, 0.29) is 5.97 Å². The number of halogens is 1. The first-order chi connectivity index (χ1) is 11.5. The molecule has 126 valence electrons. The summed E-state index contributed by atoms with van der Waals surface area (Å²) >= 11 is 7.55. The van der Waals surface area contributed by atoms with E-state index in [1.54, 1.807) is 0 Å². The topological polar surface area (TPSA) is 42.4 Å². The molecule has 1 saturated carbocycles. The maximum Gasteiger partial charge on any atom is 0.348 e. The number of pyridine rings is 1. The fraction of sp³-hybridized carbons (Fsp3) is 0.444. The average Bonchev–Trinajstić information content (AvgIpc) is 3.00. The Labute approximate surface area is 150 Å². The zero-order valence-corrected chi connectivity index (χ0v) is 15.3. The van der Waals surface area contributed by atoms with Crippen molar-refractivity contribution < 1.29 is 9.53 Å². The van der Waals surface area contributed by atoms with Gasteiger partial charge in [0.05, 0.1) is 11.4 Å². The number of hydrogen-bond acceptors (Lipinski definition) is 5. The minimum atomic E-state index is -0.342. The van der Waals surface area contributed by atoms with Crippen LogP contribution < -0.4 is 4.90 Å². The summed E-state index contributed by atoms with van der Waals surface area (Å²) in [5.41, 5.74) is 3.11. The van der Waals surface area contributed by atoms with E-state index in [4.69, 9.17) is 21.3 Å². The molecule has 0 aromatic carbocycles. The van der Waals surface area contributed by atoms with Gasteiger partial charge in [0.15, 0.2) is 0 Å². The Hall–Kier alpha value is -1.59. The second-order valence-electron chi connectivity index (χ2n) is 6.65. The highest BCUT2D eigenvalue weighted by atomic mass is 35.5. The van der Waals surface area contributed by atoms with Gasteiger partial charge < -0.3 is 9.64 Å². The Bertz CT molecular complexity index is 794. The van der Waals surface area contributed by atoms with Gasteiger partial charge in [-0.05, 0) is 48.4 Å². The number of carbonyl (C=O) groups is 1. The molecule has 1 aliphatic carbocycles. The summed E-state index contributed by atoms with van der Waals surface area (Å²) in [6.45, 7) is 4.34. The van der Waals surface area contributed by atoms with Crippen LogP contribution in [-0.4, -0.2) is 31.2 Å². The van der Waals surface area contributed by atoms with Crippen LogP contribution in [0.5, 0.6) is 0 Å². The lowest BCUT2D eigenvalue weighted by atomic mass is 10.1. The first-order valence-corrected chi connectivity index (χ1v) is 9.32. The fourth-order valence-corrected chi connectivity index (χ4v) is 4.65. The number of hydrogen-bond donors (Lipinski definition) is 0. The van der Waals surface area contributed by atoms with E-state index >= 15 is 0 Å². The summed E-state index contributed by atoms with van der Waals surface area (Å²) in [4.78, 5) is 19.3. The largest absolute Gasteiger partial charge is 0.465 e. The van der Waals surface area contributed by atoms with Crippen molar-refractivity contribution in [2.75, 3.05) is 25.1 Å².